The lowest BCUT2D eigenvalue weighted by atomic mass is 10.00. The zero-order valence-corrected chi connectivity index (χ0v) is 12.0. The van der Waals surface area contributed by atoms with Gasteiger partial charge in [0.15, 0.2) is 0 Å². The Balaban J connectivity index is 3.08. The molecule has 2 N–H and O–H groups in total. The number of hydrogen-bond acceptors (Lipinski definition) is 4. The van der Waals surface area contributed by atoms with Gasteiger partial charge in [-0.05, 0) is 37.5 Å². The minimum atomic E-state index is -4.44. The molecule has 21 heavy (non-hydrogen) atoms. The Morgan fingerprint density at radius 1 is 1.33 bits per heavy atom. The summed E-state index contributed by atoms with van der Waals surface area (Å²) in [5.41, 5.74) is 1.28. The second kappa shape index (κ2) is 6.80. The van der Waals surface area contributed by atoms with Gasteiger partial charge in [-0.25, -0.2) is 4.79 Å². The standard InChI is InChI=1S/C14H18F3NO3/c1-4-21-13(20)11(18-7-14(15,16)17)10-5-8(2)12(19)9(3)6-10/h5-6,11,18-19H,4,7H2,1-3H3. The SMILES string of the molecule is CCOC(=O)C(NCC(F)(F)F)c1cc(C)c(O)c(C)c1. The fourth-order valence-electron chi connectivity index (χ4n) is 1.94. The molecule has 0 spiro atoms. The topological polar surface area (TPSA) is 58.6 Å². The average molecular weight is 305 g/mol. The van der Waals surface area contributed by atoms with E-state index in [1.807, 2.05) is 0 Å². The second-order valence-corrected chi connectivity index (χ2v) is 4.68. The van der Waals surface area contributed by atoms with Crippen molar-refractivity contribution in [2.75, 3.05) is 13.2 Å². The van der Waals surface area contributed by atoms with Gasteiger partial charge in [0.05, 0.1) is 13.2 Å². The monoisotopic (exact) mass is 305 g/mol. The van der Waals surface area contributed by atoms with Crippen molar-refractivity contribution in [3.63, 3.8) is 0 Å². The van der Waals surface area contributed by atoms with E-state index in [0.717, 1.165) is 0 Å². The van der Waals surface area contributed by atoms with E-state index in [2.05, 4.69) is 5.32 Å². The maximum atomic E-state index is 12.3. The molecule has 1 aromatic rings. The predicted molar refractivity (Wildman–Crippen MR) is 71.0 cm³/mol. The summed E-state index contributed by atoms with van der Waals surface area (Å²) in [6.45, 7) is 3.55. The van der Waals surface area contributed by atoms with Gasteiger partial charge in [-0.2, -0.15) is 13.2 Å². The van der Waals surface area contributed by atoms with Gasteiger partial charge >= 0.3 is 12.1 Å². The summed E-state index contributed by atoms with van der Waals surface area (Å²) >= 11 is 0. The predicted octanol–water partition coefficient (Wildman–Crippen LogP) is 2.77. The number of esters is 1. The zero-order valence-electron chi connectivity index (χ0n) is 12.0. The smallest absolute Gasteiger partial charge is 0.401 e. The molecule has 4 nitrogen and oxygen atoms in total. The number of aromatic hydroxyl groups is 1. The van der Waals surface area contributed by atoms with Crippen LogP contribution in [0.3, 0.4) is 0 Å². The first-order valence-electron chi connectivity index (χ1n) is 6.42. The molecule has 0 aromatic heterocycles. The highest BCUT2D eigenvalue weighted by Gasteiger charge is 2.31. The van der Waals surface area contributed by atoms with Gasteiger partial charge in [-0.3, -0.25) is 5.32 Å². The molecule has 0 amide bonds. The molecule has 0 heterocycles. The van der Waals surface area contributed by atoms with Gasteiger partial charge < -0.3 is 9.84 Å². The van der Waals surface area contributed by atoms with Crippen molar-refractivity contribution in [1.82, 2.24) is 5.32 Å². The van der Waals surface area contributed by atoms with E-state index < -0.39 is 24.7 Å². The second-order valence-electron chi connectivity index (χ2n) is 4.68. The van der Waals surface area contributed by atoms with Crippen molar-refractivity contribution in [1.29, 1.82) is 0 Å². The van der Waals surface area contributed by atoms with Crippen LogP contribution in [0.2, 0.25) is 0 Å². The highest BCUT2D eigenvalue weighted by Crippen LogP contribution is 2.27. The van der Waals surface area contributed by atoms with Crippen LogP contribution in [0.4, 0.5) is 13.2 Å². The number of ether oxygens (including phenoxy) is 1. The molecule has 0 bridgehead atoms. The summed E-state index contributed by atoms with van der Waals surface area (Å²) in [6, 6.07) is 1.70. The number of halogens is 3. The van der Waals surface area contributed by atoms with Gasteiger partial charge in [-0.1, -0.05) is 12.1 Å². The molecule has 0 radical (unpaired) electrons. The highest BCUT2D eigenvalue weighted by atomic mass is 19.4. The molecule has 1 aromatic carbocycles. The zero-order chi connectivity index (χ0) is 16.2. The van der Waals surface area contributed by atoms with Crippen LogP contribution in [-0.4, -0.2) is 30.4 Å². The third-order valence-corrected chi connectivity index (χ3v) is 2.88. The number of carbonyl (C=O) groups excluding carboxylic acids is 1. The number of nitrogens with one attached hydrogen (secondary N) is 1. The Morgan fingerprint density at radius 2 is 1.86 bits per heavy atom. The molecule has 7 heteroatoms. The fourth-order valence-corrected chi connectivity index (χ4v) is 1.94. The minimum Gasteiger partial charge on any atom is -0.507 e. The lowest BCUT2D eigenvalue weighted by Gasteiger charge is -2.20. The van der Waals surface area contributed by atoms with Crippen LogP contribution < -0.4 is 5.32 Å². The van der Waals surface area contributed by atoms with E-state index in [1.54, 1.807) is 20.8 Å². The molecule has 118 valence electrons. The maximum Gasteiger partial charge on any atom is 0.401 e. The van der Waals surface area contributed by atoms with Crippen molar-refractivity contribution < 1.29 is 27.8 Å². The lowest BCUT2D eigenvalue weighted by molar-refractivity contribution is -0.149. The average Bonchev–Trinajstić information content (AvgIpc) is 2.35. The van der Waals surface area contributed by atoms with E-state index >= 15 is 0 Å². The number of alkyl halides is 3. The Morgan fingerprint density at radius 3 is 2.29 bits per heavy atom. The van der Waals surface area contributed by atoms with Gasteiger partial charge in [0.25, 0.3) is 0 Å². The molecule has 0 fully saturated rings. The first kappa shape index (κ1) is 17.3. The number of hydrogen-bond donors (Lipinski definition) is 2. The molecule has 0 saturated carbocycles. The van der Waals surface area contributed by atoms with Crippen LogP contribution in [0.1, 0.15) is 29.7 Å². The van der Waals surface area contributed by atoms with E-state index in [4.69, 9.17) is 4.74 Å². The Labute approximate surface area is 120 Å². The van der Waals surface area contributed by atoms with Crippen LogP contribution in [0, 0.1) is 13.8 Å². The third-order valence-electron chi connectivity index (χ3n) is 2.88. The van der Waals surface area contributed by atoms with Gasteiger partial charge in [0.2, 0.25) is 0 Å². The molecule has 0 aliphatic rings. The molecular formula is C14H18F3NO3. The summed E-state index contributed by atoms with van der Waals surface area (Å²) in [7, 11) is 0. The van der Waals surface area contributed by atoms with Gasteiger partial charge in [0, 0.05) is 0 Å². The van der Waals surface area contributed by atoms with Crippen LogP contribution >= 0.6 is 0 Å². The molecular weight excluding hydrogens is 287 g/mol. The summed E-state index contributed by atoms with van der Waals surface area (Å²) in [6.07, 6.45) is -4.44. The number of aryl methyl sites for hydroxylation is 2. The normalized spacial score (nSPS) is 13.0. The maximum absolute atomic E-state index is 12.3. The first-order chi connectivity index (χ1) is 9.65. The lowest BCUT2D eigenvalue weighted by Crippen LogP contribution is -2.37. The molecule has 0 aliphatic carbocycles. The minimum absolute atomic E-state index is 0.0529. The molecule has 1 unspecified atom stereocenters. The Hall–Kier alpha value is -1.76. The van der Waals surface area contributed by atoms with E-state index in [-0.39, 0.29) is 12.4 Å². The van der Waals surface area contributed by atoms with Gasteiger partial charge in [0.1, 0.15) is 11.8 Å². The van der Waals surface area contributed by atoms with Crippen molar-refractivity contribution in [3.05, 3.63) is 28.8 Å². The third kappa shape index (κ3) is 4.93. The molecule has 0 aliphatic heterocycles. The number of carbonyl (C=O) groups is 1. The number of benzene rings is 1. The van der Waals surface area contributed by atoms with Crippen molar-refractivity contribution >= 4 is 5.97 Å². The molecule has 1 rings (SSSR count). The first-order valence-corrected chi connectivity index (χ1v) is 6.42. The van der Waals surface area contributed by atoms with Crippen molar-refractivity contribution in [3.8, 4) is 5.75 Å². The fraction of sp³-hybridized carbons (Fsp3) is 0.500. The summed E-state index contributed by atoms with van der Waals surface area (Å²) in [5, 5.41) is 11.9. The summed E-state index contributed by atoms with van der Waals surface area (Å²) < 4.78 is 41.8. The van der Waals surface area contributed by atoms with Gasteiger partial charge in [-0.15, -0.1) is 0 Å². The number of rotatable bonds is 5. The Bertz CT molecular complexity index is 492. The van der Waals surface area contributed by atoms with E-state index in [0.29, 0.717) is 16.7 Å². The highest BCUT2D eigenvalue weighted by molar-refractivity contribution is 5.78. The van der Waals surface area contributed by atoms with Crippen molar-refractivity contribution in [2.45, 2.75) is 33.0 Å². The summed E-state index contributed by atoms with van der Waals surface area (Å²) in [5.74, 6) is -0.733. The quantitative estimate of drug-likeness (QED) is 0.821. The van der Waals surface area contributed by atoms with Crippen LogP contribution in [0.15, 0.2) is 12.1 Å². The molecule has 1 atom stereocenters. The number of phenolic OH excluding ortho intramolecular Hbond substituents is 1. The largest absolute Gasteiger partial charge is 0.507 e. The van der Waals surface area contributed by atoms with Crippen LogP contribution in [-0.2, 0) is 9.53 Å². The van der Waals surface area contributed by atoms with Crippen LogP contribution in [0.25, 0.3) is 0 Å². The molecule has 0 saturated heterocycles. The van der Waals surface area contributed by atoms with Crippen LogP contribution in [0.5, 0.6) is 5.75 Å². The van der Waals surface area contributed by atoms with E-state index in [9.17, 15) is 23.1 Å². The van der Waals surface area contributed by atoms with Crippen molar-refractivity contribution in [2.24, 2.45) is 0 Å². The number of phenols is 1. The summed E-state index contributed by atoms with van der Waals surface area (Å²) in [4.78, 5) is 11.9. The van der Waals surface area contributed by atoms with E-state index in [1.165, 1.54) is 12.1 Å². The Kier molecular flexibility index (Phi) is 5.60.